The molecule has 0 radical (unpaired) electrons. The van der Waals surface area contributed by atoms with Crippen molar-refractivity contribution in [3.8, 4) is 5.75 Å². The van der Waals surface area contributed by atoms with Crippen molar-refractivity contribution in [2.24, 2.45) is 0 Å². The molecule has 2 rings (SSSR count). The lowest BCUT2D eigenvalue weighted by atomic mass is 10.1. The van der Waals surface area contributed by atoms with E-state index in [0.717, 1.165) is 11.1 Å². The maximum atomic E-state index is 12.1. The van der Waals surface area contributed by atoms with E-state index in [1.165, 1.54) is 0 Å². The standard InChI is InChI=1S/C19H20Cl2N2O3/c1-11-6-4-9-17(12(11)2)26-13(3)19(25)23-22-18(24)10-14-15(20)7-5-8-16(14)21/h4-9,13H,10H2,1-3H3,(H,22,24)(H,23,25). The van der Waals surface area contributed by atoms with Crippen molar-refractivity contribution in [2.75, 3.05) is 0 Å². The number of carbonyl (C=O) groups excluding carboxylic acids is 2. The fraction of sp³-hybridized carbons (Fsp3) is 0.263. The number of carbonyl (C=O) groups is 2. The Bertz CT molecular complexity index is 804. The molecule has 138 valence electrons. The molecule has 2 aromatic carbocycles. The number of benzene rings is 2. The molecule has 0 saturated heterocycles. The zero-order chi connectivity index (χ0) is 19.3. The summed E-state index contributed by atoms with van der Waals surface area (Å²) in [5.74, 6) is -0.279. The van der Waals surface area contributed by atoms with Crippen LogP contribution in [0.25, 0.3) is 0 Å². The van der Waals surface area contributed by atoms with Crippen molar-refractivity contribution in [3.05, 3.63) is 63.1 Å². The molecule has 2 amide bonds. The highest BCUT2D eigenvalue weighted by molar-refractivity contribution is 6.36. The summed E-state index contributed by atoms with van der Waals surface area (Å²) in [4.78, 5) is 24.1. The highest BCUT2D eigenvalue weighted by Gasteiger charge is 2.17. The summed E-state index contributed by atoms with van der Waals surface area (Å²) in [6.45, 7) is 5.49. The number of amides is 2. The van der Waals surface area contributed by atoms with E-state index in [0.29, 0.717) is 21.4 Å². The number of hydrogen-bond acceptors (Lipinski definition) is 3. The van der Waals surface area contributed by atoms with Gasteiger partial charge < -0.3 is 4.74 Å². The number of halogens is 2. The van der Waals surface area contributed by atoms with Gasteiger partial charge in [-0.25, -0.2) is 0 Å². The van der Waals surface area contributed by atoms with Crippen LogP contribution in [-0.4, -0.2) is 17.9 Å². The van der Waals surface area contributed by atoms with Crippen LogP contribution in [-0.2, 0) is 16.0 Å². The van der Waals surface area contributed by atoms with Gasteiger partial charge in [-0.05, 0) is 55.7 Å². The Morgan fingerprint density at radius 1 is 1.04 bits per heavy atom. The van der Waals surface area contributed by atoms with Gasteiger partial charge in [-0.2, -0.15) is 0 Å². The largest absolute Gasteiger partial charge is 0.481 e. The molecule has 0 saturated carbocycles. The number of rotatable bonds is 5. The van der Waals surface area contributed by atoms with Crippen molar-refractivity contribution in [1.82, 2.24) is 10.9 Å². The van der Waals surface area contributed by atoms with Gasteiger partial charge in [-0.3, -0.25) is 20.4 Å². The van der Waals surface area contributed by atoms with E-state index in [4.69, 9.17) is 27.9 Å². The van der Waals surface area contributed by atoms with E-state index in [-0.39, 0.29) is 6.42 Å². The third-order valence-electron chi connectivity index (χ3n) is 3.95. The van der Waals surface area contributed by atoms with E-state index in [1.54, 1.807) is 31.2 Å². The number of hydrogen-bond donors (Lipinski definition) is 2. The first-order chi connectivity index (χ1) is 12.3. The molecule has 0 spiro atoms. The van der Waals surface area contributed by atoms with Crippen LogP contribution in [0.1, 0.15) is 23.6 Å². The molecule has 1 atom stereocenters. The summed E-state index contributed by atoms with van der Waals surface area (Å²) in [5, 5.41) is 0.788. The van der Waals surface area contributed by atoms with E-state index < -0.39 is 17.9 Å². The van der Waals surface area contributed by atoms with Gasteiger partial charge in [0.2, 0.25) is 5.91 Å². The Labute approximate surface area is 162 Å². The van der Waals surface area contributed by atoms with Crippen LogP contribution in [0, 0.1) is 13.8 Å². The van der Waals surface area contributed by atoms with Gasteiger partial charge >= 0.3 is 0 Å². The molecule has 2 N–H and O–H groups in total. The second-order valence-electron chi connectivity index (χ2n) is 5.87. The van der Waals surface area contributed by atoms with Crippen LogP contribution in [0.3, 0.4) is 0 Å². The summed E-state index contributed by atoms with van der Waals surface area (Å²) < 4.78 is 5.67. The Balaban J connectivity index is 1.89. The number of hydrazine groups is 1. The average Bonchev–Trinajstić information content (AvgIpc) is 2.60. The van der Waals surface area contributed by atoms with Crippen LogP contribution in [0.2, 0.25) is 10.0 Å². The van der Waals surface area contributed by atoms with Crippen LogP contribution in [0.15, 0.2) is 36.4 Å². The molecule has 1 unspecified atom stereocenters. The predicted molar refractivity (Wildman–Crippen MR) is 102 cm³/mol. The molecule has 0 aliphatic carbocycles. The lowest BCUT2D eigenvalue weighted by Crippen LogP contribution is -2.47. The van der Waals surface area contributed by atoms with Gasteiger partial charge in [0.15, 0.2) is 6.10 Å². The maximum absolute atomic E-state index is 12.1. The Morgan fingerprint density at radius 3 is 2.31 bits per heavy atom. The van der Waals surface area contributed by atoms with E-state index in [9.17, 15) is 9.59 Å². The normalized spacial score (nSPS) is 11.6. The summed E-state index contributed by atoms with van der Waals surface area (Å²) in [6.07, 6.45) is -0.829. The van der Waals surface area contributed by atoms with Crippen LogP contribution in [0.5, 0.6) is 5.75 Å². The topological polar surface area (TPSA) is 67.4 Å². The van der Waals surface area contributed by atoms with Crippen LogP contribution in [0.4, 0.5) is 0 Å². The molecular weight excluding hydrogens is 375 g/mol. The second kappa shape index (κ2) is 8.92. The third-order valence-corrected chi connectivity index (χ3v) is 4.66. The van der Waals surface area contributed by atoms with Gasteiger partial charge in [-0.1, -0.05) is 41.4 Å². The number of ether oxygens (including phenoxy) is 1. The van der Waals surface area contributed by atoms with E-state index in [1.807, 2.05) is 26.0 Å². The zero-order valence-corrected chi connectivity index (χ0v) is 16.2. The fourth-order valence-electron chi connectivity index (χ4n) is 2.23. The lowest BCUT2D eigenvalue weighted by molar-refractivity contribution is -0.132. The molecule has 2 aromatic rings. The lowest BCUT2D eigenvalue weighted by Gasteiger charge is -2.17. The first kappa shape index (κ1) is 20.1. The first-order valence-corrected chi connectivity index (χ1v) is 8.79. The minimum absolute atomic E-state index is 0.0506. The molecule has 26 heavy (non-hydrogen) atoms. The minimum Gasteiger partial charge on any atom is -0.481 e. The van der Waals surface area contributed by atoms with Crippen molar-refractivity contribution in [2.45, 2.75) is 33.3 Å². The molecule has 0 heterocycles. The molecule has 0 bridgehead atoms. The molecule has 5 nitrogen and oxygen atoms in total. The van der Waals surface area contributed by atoms with Gasteiger partial charge in [0.05, 0.1) is 6.42 Å². The summed E-state index contributed by atoms with van der Waals surface area (Å²) in [5.41, 5.74) is 7.22. The molecule has 0 aromatic heterocycles. The van der Waals surface area contributed by atoms with E-state index in [2.05, 4.69) is 10.9 Å². The smallest absolute Gasteiger partial charge is 0.279 e. The summed E-state index contributed by atoms with van der Waals surface area (Å²) in [6, 6.07) is 10.6. The second-order valence-corrected chi connectivity index (χ2v) is 6.69. The fourth-order valence-corrected chi connectivity index (χ4v) is 2.77. The third kappa shape index (κ3) is 5.13. The van der Waals surface area contributed by atoms with Crippen molar-refractivity contribution < 1.29 is 14.3 Å². The van der Waals surface area contributed by atoms with Gasteiger partial charge in [0, 0.05) is 10.0 Å². The monoisotopic (exact) mass is 394 g/mol. The quantitative estimate of drug-likeness (QED) is 0.758. The van der Waals surface area contributed by atoms with Crippen LogP contribution < -0.4 is 15.6 Å². The van der Waals surface area contributed by atoms with Gasteiger partial charge in [-0.15, -0.1) is 0 Å². The van der Waals surface area contributed by atoms with E-state index >= 15 is 0 Å². The Hall–Kier alpha value is -2.24. The Kier molecular flexibility index (Phi) is 6.89. The van der Waals surface area contributed by atoms with Crippen LogP contribution >= 0.6 is 23.2 Å². The van der Waals surface area contributed by atoms with Crippen molar-refractivity contribution in [1.29, 1.82) is 0 Å². The first-order valence-electron chi connectivity index (χ1n) is 8.04. The molecule has 0 fully saturated rings. The number of nitrogens with one attached hydrogen (secondary N) is 2. The molecule has 0 aliphatic heterocycles. The highest BCUT2D eigenvalue weighted by atomic mass is 35.5. The summed E-state index contributed by atoms with van der Waals surface area (Å²) in [7, 11) is 0. The van der Waals surface area contributed by atoms with Crippen molar-refractivity contribution >= 4 is 35.0 Å². The number of aryl methyl sites for hydroxylation is 1. The molecule has 7 heteroatoms. The van der Waals surface area contributed by atoms with Gasteiger partial charge in [0.1, 0.15) is 5.75 Å². The predicted octanol–water partition coefficient (Wildman–Crippen LogP) is 3.77. The maximum Gasteiger partial charge on any atom is 0.279 e. The average molecular weight is 395 g/mol. The molecule has 0 aliphatic rings. The SMILES string of the molecule is Cc1cccc(OC(C)C(=O)NNC(=O)Cc2c(Cl)cccc2Cl)c1C. The highest BCUT2D eigenvalue weighted by Crippen LogP contribution is 2.24. The van der Waals surface area contributed by atoms with Crippen molar-refractivity contribution in [3.63, 3.8) is 0 Å². The Morgan fingerprint density at radius 2 is 1.65 bits per heavy atom. The van der Waals surface area contributed by atoms with Gasteiger partial charge in [0.25, 0.3) is 5.91 Å². The summed E-state index contributed by atoms with van der Waals surface area (Å²) >= 11 is 12.1. The minimum atomic E-state index is -0.778. The molecular formula is C19H20Cl2N2O3. The zero-order valence-electron chi connectivity index (χ0n) is 14.7.